The van der Waals surface area contributed by atoms with Crippen LogP contribution >= 0.6 is 12.4 Å². The van der Waals surface area contributed by atoms with Gasteiger partial charge in [0.15, 0.2) is 0 Å². The molecule has 2 amide bonds. The molecular weight excluding hydrogens is 354 g/mol. The summed E-state index contributed by atoms with van der Waals surface area (Å²) in [7, 11) is 1.61. The van der Waals surface area contributed by atoms with Gasteiger partial charge in [-0.15, -0.1) is 12.4 Å². The number of rotatable bonds is 5. The van der Waals surface area contributed by atoms with Crippen molar-refractivity contribution in [3.63, 3.8) is 0 Å². The molecule has 0 spiro atoms. The summed E-state index contributed by atoms with van der Waals surface area (Å²) in [4.78, 5) is 26.7. The highest BCUT2D eigenvalue weighted by Crippen LogP contribution is 2.28. The molecule has 1 heterocycles. The summed E-state index contributed by atoms with van der Waals surface area (Å²) in [6, 6.07) is 7.50. The maximum Gasteiger partial charge on any atom is 0.227 e. The Bertz CT molecular complexity index is 623. The highest BCUT2D eigenvalue weighted by Gasteiger charge is 2.36. The standard InChI is InChI=1S/C19H27N3O3.ClH/c1-25-16-8-6-15(7-9-16)22-12-14(10-18(22)23)19(24)21-17-5-3-2-4-13(17)11-20;/h6-9,13-14,17H,2-5,10-12,20H2,1H3,(H,21,24);1H. The molecule has 6 nitrogen and oxygen atoms in total. The second kappa shape index (κ2) is 9.24. The van der Waals surface area contributed by atoms with E-state index in [9.17, 15) is 9.59 Å². The van der Waals surface area contributed by atoms with Crippen LogP contribution in [0.25, 0.3) is 0 Å². The number of nitrogens with one attached hydrogen (secondary N) is 1. The number of hydrogen-bond acceptors (Lipinski definition) is 4. The second-order valence-electron chi connectivity index (χ2n) is 7.00. The van der Waals surface area contributed by atoms with Gasteiger partial charge in [-0.2, -0.15) is 0 Å². The van der Waals surface area contributed by atoms with Gasteiger partial charge in [-0.25, -0.2) is 0 Å². The van der Waals surface area contributed by atoms with Crippen LogP contribution in [0.2, 0.25) is 0 Å². The van der Waals surface area contributed by atoms with E-state index in [1.165, 1.54) is 6.42 Å². The molecule has 3 unspecified atom stereocenters. The van der Waals surface area contributed by atoms with Gasteiger partial charge in [0.25, 0.3) is 0 Å². The molecule has 1 aliphatic carbocycles. The lowest BCUT2D eigenvalue weighted by Gasteiger charge is -2.32. The van der Waals surface area contributed by atoms with E-state index in [2.05, 4.69) is 5.32 Å². The molecule has 144 valence electrons. The first-order valence-electron chi connectivity index (χ1n) is 9.07. The molecule has 0 radical (unpaired) electrons. The van der Waals surface area contributed by atoms with E-state index in [1.807, 2.05) is 24.3 Å². The van der Waals surface area contributed by atoms with Crippen molar-refractivity contribution in [3.8, 4) is 5.75 Å². The zero-order chi connectivity index (χ0) is 17.8. The summed E-state index contributed by atoms with van der Waals surface area (Å²) in [6.07, 6.45) is 4.63. The Hall–Kier alpha value is -1.79. The lowest BCUT2D eigenvalue weighted by Crippen LogP contribution is -2.47. The Kier molecular flexibility index (Phi) is 7.29. The van der Waals surface area contributed by atoms with E-state index in [4.69, 9.17) is 10.5 Å². The number of ether oxygens (including phenoxy) is 1. The number of nitrogens with zero attached hydrogens (tertiary/aromatic N) is 1. The Morgan fingerprint density at radius 3 is 2.62 bits per heavy atom. The minimum Gasteiger partial charge on any atom is -0.497 e. The van der Waals surface area contributed by atoms with Crippen molar-refractivity contribution in [3.05, 3.63) is 24.3 Å². The predicted molar refractivity (Wildman–Crippen MR) is 104 cm³/mol. The number of benzene rings is 1. The second-order valence-corrected chi connectivity index (χ2v) is 7.00. The zero-order valence-electron chi connectivity index (χ0n) is 15.1. The lowest BCUT2D eigenvalue weighted by molar-refractivity contribution is -0.127. The molecule has 3 N–H and O–H groups in total. The van der Waals surface area contributed by atoms with E-state index in [1.54, 1.807) is 12.0 Å². The maximum atomic E-state index is 12.6. The fourth-order valence-corrected chi connectivity index (χ4v) is 3.88. The predicted octanol–water partition coefficient (Wildman–Crippen LogP) is 2.10. The maximum absolute atomic E-state index is 12.6. The molecule has 1 saturated heterocycles. The van der Waals surface area contributed by atoms with Crippen LogP contribution in [0, 0.1) is 11.8 Å². The van der Waals surface area contributed by atoms with Crippen LogP contribution in [0.15, 0.2) is 24.3 Å². The summed E-state index contributed by atoms with van der Waals surface area (Å²) in [5, 5.41) is 3.15. The quantitative estimate of drug-likeness (QED) is 0.818. The molecule has 2 fully saturated rings. The van der Waals surface area contributed by atoms with Gasteiger partial charge in [-0.3, -0.25) is 9.59 Å². The van der Waals surface area contributed by atoms with Gasteiger partial charge < -0.3 is 20.7 Å². The third kappa shape index (κ3) is 4.48. The Morgan fingerprint density at radius 1 is 1.27 bits per heavy atom. The normalized spacial score (nSPS) is 25.5. The van der Waals surface area contributed by atoms with E-state index in [-0.39, 0.29) is 42.6 Å². The number of carbonyl (C=O) groups excluding carboxylic acids is 2. The van der Waals surface area contributed by atoms with Crippen LogP contribution in [0.5, 0.6) is 5.75 Å². The molecule has 2 aliphatic rings. The van der Waals surface area contributed by atoms with Crippen molar-refractivity contribution in [2.24, 2.45) is 17.6 Å². The van der Waals surface area contributed by atoms with Crippen molar-refractivity contribution < 1.29 is 14.3 Å². The van der Waals surface area contributed by atoms with Crippen molar-refractivity contribution >= 4 is 29.9 Å². The highest BCUT2D eigenvalue weighted by molar-refractivity contribution is 6.00. The van der Waals surface area contributed by atoms with E-state index < -0.39 is 0 Å². The first-order chi connectivity index (χ1) is 12.1. The highest BCUT2D eigenvalue weighted by atomic mass is 35.5. The summed E-state index contributed by atoms with van der Waals surface area (Å²) in [5.41, 5.74) is 6.65. The number of amides is 2. The fourth-order valence-electron chi connectivity index (χ4n) is 3.88. The van der Waals surface area contributed by atoms with Gasteiger partial charge in [0.1, 0.15) is 5.75 Å². The number of nitrogens with two attached hydrogens (primary N) is 1. The topological polar surface area (TPSA) is 84.7 Å². The molecule has 1 saturated carbocycles. The third-order valence-electron chi connectivity index (χ3n) is 5.42. The van der Waals surface area contributed by atoms with E-state index in [0.29, 0.717) is 19.0 Å². The Balaban J connectivity index is 0.00000243. The minimum atomic E-state index is -0.296. The average Bonchev–Trinajstić information content (AvgIpc) is 3.04. The summed E-state index contributed by atoms with van der Waals surface area (Å²) < 4.78 is 5.15. The SMILES string of the molecule is COc1ccc(N2CC(C(=O)NC3CCCCC3CN)CC2=O)cc1.Cl. The Labute approximate surface area is 160 Å². The van der Waals surface area contributed by atoms with Gasteiger partial charge in [-0.1, -0.05) is 12.8 Å². The van der Waals surface area contributed by atoms with Gasteiger partial charge >= 0.3 is 0 Å². The molecule has 7 heteroatoms. The summed E-state index contributed by atoms with van der Waals surface area (Å²) in [5.74, 6) is 0.774. The first-order valence-corrected chi connectivity index (χ1v) is 9.07. The van der Waals surface area contributed by atoms with Crippen LogP contribution in [-0.4, -0.2) is 38.1 Å². The summed E-state index contributed by atoms with van der Waals surface area (Å²) >= 11 is 0. The van der Waals surface area contributed by atoms with E-state index >= 15 is 0 Å². The van der Waals surface area contributed by atoms with Crippen molar-refractivity contribution in [1.82, 2.24) is 5.32 Å². The number of anilines is 1. The van der Waals surface area contributed by atoms with Crippen LogP contribution in [0.4, 0.5) is 5.69 Å². The van der Waals surface area contributed by atoms with Gasteiger partial charge in [-0.05, 0) is 49.6 Å². The van der Waals surface area contributed by atoms with Crippen LogP contribution in [0.3, 0.4) is 0 Å². The molecule has 0 aromatic heterocycles. The number of halogens is 1. The molecule has 1 aromatic carbocycles. The molecule has 3 atom stereocenters. The number of methoxy groups -OCH3 is 1. The molecule has 26 heavy (non-hydrogen) atoms. The number of carbonyl (C=O) groups is 2. The van der Waals surface area contributed by atoms with Crippen LogP contribution < -0.4 is 20.7 Å². The summed E-state index contributed by atoms with van der Waals surface area (Å²) in [6.45, 7) is 1.03. The van der Waals surface area contributed by atoms with Gasteiger partial charge in [0.2, 0.25) is 11.8 Å². The largest absolute Gasteiger partial charge is 0.497 e. The van der Waals surface area contributed by atoms with Gasteiger partial charge in [0.05, 0.1) is 13.0 Å². The molecule has 0 bridgehead atoms. The minimum absolute atomic E-state index is 0. The van der Waals surface area contributed by atoms with E-state index in [0.717, 1.165) is 30.7 Å². The lowest BCUT2D eigenvalue weighted by atomic mass is 9.84. The first kappa shape index (κ1) is 20.5. The molecule has 3 rings (SSSR count). The zero-order valence-corrected chi connectivity index (χ0v) is 16.0. The smallest absolute Gasteiger partial charge is 0.227 e. The van der Waals surface area contributed by atoms with Crippen molar-refractivity contribution in [1.29, 1.82) is 0 Å². The third-order valence-corrected chi connectivity index (χ3v) is 5.42. The molecule has 1 aliphatic heterocycles. The number of hydrogen-bond donors (Lipinski definition) is 2. The fraction of sp³-hybridized carbons (Fsp3) is 0.579. The van der Waals surface area contributed by atoms with Gasteiger partial charge in [0, 0.05) is 24.7 Å². The van der Waals surface area contributed by atoms with Crippen molar-refractivity contribution in [2.45, 2.75) is 38.1 Å². The van der Waals surface area contributed by atoms with Crippen LogP contribution in [-0.2, 0) is 9.59 Å². The monoisotopic (exact) mass is 381 g/mol. The molecular formula is C19H28ClN3O3. The van der Waals surface area contributed by atoms with Crippen LogP contribution in [0.1, 0.15) is 32.1 Å². The Morgan fingerprint density at radius 2 is 1.96 bits per heavy atom. The molecule has 1 aromatic rings. The van der Waals surface area contributed by atoms with Crippen molar-refractivity contribution in [2.75, 3.05) is 25.1 Å². The average molecular weight is 382 g/mol.